The van der Waals surface area contributed by atoms with Gasteiger partial charge in [-0.3, -0.25) is 4.79 Å². The molecule has 1 aliphatic rings. The van der Waals surface area contributed by atoms with Crippen molar-refractivity contribution in [3.8, 4) is 11.5 Å². The first kappa shape index (κ1) is 18.3. The number of carbonyl (C=O) groups is 1. The fraction of sp³-hybridized carbons (Fsp3) is 0.190. The molecule has 1 heterocycles. The summed E-state index contributed by atoms with van der Waals surface area (Å²) in [7, 11) is 0. The van der Waals surface area contributed by atoms with Gasteiger partial charge in [0.15, 0.2) is 0 Å². The lowest BCUT2D eigenvalue weighted by molar-refractivity contribution is -0.137. The molecule has 0 saturated carbocycles. The summed E-state index contributed by atoms with van der Waals surface area (Å²) in [5.41, 5.74) is 5.56. The lowest BCUT2D eigenvalue weighted by Crippen LogP contribution is -2.57. The molecule has 3 aromatic carbocycles. The number of alkyl halides is 3. The van der Waals surface area contributed by atoms with Gasteiger partial charge in [-0.2, -0.15) is 13.2 Å². The summed E-state index contributed by atoms with van der Waals surface area (Å²) >= 11 is 0. The molecule has 0 unspecified atom stereocenters. The van der Waals surface area contributed by atoms with Crippen LogP contribution >= 0.6 is 0 Å². The van der Waals surface area contributed by atoms with Gasteiger partial charge in [0.2, 0.25) is 0 Å². The minimum absolute atomic E-state index is 0.0353. The molecule has 1 saturated heterocycles. The smallest absolute Gasteiger partial charge is 0.416 e. The maximum absolute atomic E-state index is 12.7. The van der Waals surface area contributed by atoms with Gasteiger partial charge in [-0.05, 0) is 53.9 Å². The molecule has 0 aliphatic carbocycles. The number of nitrogens with two attached hydrogens (primary N) is 1. The predicted octanol–water partition coefficient (Wildman–Crippen LogP) is 4.43. The Morgan fingerprint density at radius 1 is 1.04 bits per heavy atom. The number of hydrogen-bond acceptors (Lipinski definition) is 3. The van der Waals surface area contributed by atoms with E-state index < -0.39 is 11.7 Å². The highest BCUT2D eigenvalue weighted by atomic mass is 19.4. The molecule has 0 aromatic heterocycles. The molecule has 0 bridgehead atoms. The zero-order valence-electron chi connectivity index (χ0n) is 14.7. The van der Waals surface area contributed by atoms with Gasteiger partial charge >= 0.3 is 6.18 Å². The minimum atomic E-state index is -4.39. The highest BCUT2D eigenvalue weighted by Gasteiger charge is 2.30. The van der Waals surface area contributed by atoms with Crippen LogP contribution in [-0.2, 0) is 6.18 Å². The highest BCUT2D eigenvalue weighted by Crippen LogP contribution is 2.34. The number of fused-ring (bicyclic) bond motifs is 1. The number of halogens is 3. The second-order valence-electron chi connectivity index (χ2n) is 6.79. The van der Waals surface area contributed by atoms with Crippen molar-refractivity contribution in [3.63, 3.8) is 0 Å². The zero-order chi connectivity index (χ0) is 19.9. The van der Waals surface area contributed by atoms with Crippen LogP contribution in [0.3, 0.4) is 0 Å². The van der Waals surface area contributed by atoms with E-state index in [0.29, 0.717) is 30.2 Å². The summed E-state index contributed by atoms with van der Waals surface area (Å²) in [6.45, 7) is 1.10. The Bertz CT molecular complexity index is 1030. The van der Waals surface area contributed by atoms with Crippen molar-refractivity contribution in [1.82, 2.24) is 4.90 Å². The van der Waals surface area contributed by atoms with Gasteiger partial charge < -0.3 is 15.4 Å². The molecule has 1 amide bonds. The van der Waals surface area contributed by atoms with Gasteiger partial charge in [0, 0.05) is 30.1 Å². The Hall–Kier alpha value is -3.06. The summed E-state index contributed by atoms with van der Waals surface area (Å²) in [5.74, 6) is 0.732. The van der Waals surface area contributed by atoms with Crippen molar-refractivity contribution in [1.29, 1.82) is 0 Å². The van der Waals surface area contributed by atoms with Crippen molar-refractivity contribution >= 4 is 16.7 Å². The molecule has 0 atom stereocenters. The zero-order valence-corrected chi connectivity index (χ0v) is 14.7. The van der Waals surface area contributed by atoms with Crippen LogP contribution in [-0.4, -0.2) is 29.9 Å². The monoisotopic (exact) mass is 386 g/mol. The van der Waals surface area contributed by atoms with Crippen molar-refractivity contribution in [2.45, 2.75) is 12.2 Å². The molecule has 7 heteroatoms. The van der Waals surface area contributed by atoms with Crippen LogP contribution < -0.4 is 10.5 Å². The van der Waals surface area contributed by atoms with E-state index in [0.717, 1.165) is 22.9 Å². The molecule has 4 nitrogen and oxygen atoms in total. The number of benzene rings is 3. The Labute approximate surface area is 159 Å². The summed E-state index contributed by atoms with van der Waals surface area (Å²) in [5, 5.41) is 1.57. The third-order valence-corrected chi connectivity index (χ3v) is 4.69. The quantitative estimate of drug-likeness (QED) is 0.724. The third kappa shape index (κ3) is 3.53. The summed E-state index contributed by atoms with van der Waals surface area (Å²) in [4.78, 5) is 14.1. The van der Waals surface area contributed by atoms with E-state index in [-0.39, 0.29) is 11.9 Å². The number of likely N-dealkylation sites (tertiary alicyclic amines) is 1. The van der Waals surface area contributed by atoms with Gasteiger partial charge in [0.1, 0.15) is 11.5 Å². The van der Waals surface area contributed by atoms with E-state index in [4.69, 9.17) is 10.5 Å². The van der Waals surface area contributed by atoms with Crippen LogP contribution in [0.1, 0.15) is 15.9 Å². The van der Waals surface area contributed by atoms with Gasteiger partial charge in [0.25, 0.3) is 5.91 Å². The second kappa shape index (κ2) is 6.83. The van der Waals surface area contributed by atoms with Crippen molar-refractivity contribution in [2.75, 3.05) is 13.1 Å². The predicted molar refractivity (Wildman–Crippen MR) is 99.3 cm³/mol. The van der Waals surface area contributed by atoms with Crippen molar-refractivity contribution < 1.29 is 22.7 Å². The SMILES string of the molecule is NC1CN(C(=O)c2ccc3c(Oc4ccc(C(F)(F)F)cc4)cccc3c2)C1. The van der Waals surface area contributed by atoms with Crippen LogP contribution in [0, 0.1) is 0 Å². The number of hydrogen-bond donors (Lipinski definition) is 1. The van der Waals surface area contributed by atoms with Gasteiger partial charge in [-0.1, -0.05) is 12.1 Å². The first-order chi connectivity index (χ1) is 13.3. The van der Waals surface area contributed by atoms with Crippen LogP contribution in [0.4, 0.5) is 13.2 Å². The van der Waals surface area contributed by atoms with E-state index in [1.807, 2.05) is 6.07 Å². The molecule has 0 radical (unpaired) electrons. The molecule has 3 aromatic rings. The average molecular weight is 386 g/mol. The standard InChI is InChI=1S/C21H17F3N2O2/c22-21(23,24)15-5-7-17(8-6-15)28-19-3-1-2-13-10-14(4-9-18(13)19)20(27)26-11-16(25)12-26/h1-10,16H,11-12,25H2. The Kier molecular flexibility index (Phi) is 4.47. The second-order valence-corrected chi connectivity index (χ2v) is 6.79. The number of amides is 1. The van der Waals surface area contributed by atoms with Crippen molar-refractivity contribution in [2.24, 2.45) is 5.73 Å². The lowest BCUT2D eigenvalue weighted by Gasteiger charge is -2.36. The molecule has 144 valence electrons. The van der Waals surface area contributed by atoms with Gasteiger partial charge in [-0.15, -0.1) is 0 Å². The third-order valence-electron chi connectivity index (χ3n) is 4.69. The van der Waals surface area contributed by atoms with E-state index in [1.165, 1.54) is 12.1 Å². The normalized spacial score (nSPS) is 14.8. The van der Waals surface area contributed by atoms with Gasteiger partial charge in [0.05, 0.1) is 5.56 Å². The summed E-state index contributed by atoms with van der Waals surface area (Å²) < 4.78 is 43.8. The van der Waals surface area contributed by atoms with E-state index in [9.17, 15) is 18.0 Å². The number of nitrogens with zero attached hydrogens (tertiary/aromatic N) is 1. The van der Waals surface area contributed by atoms with E-state index in [2.05, 4.69) is 0 Å². The lowest BCUT2D eigenvalue weighted by atomic mass is 10.0. The fourth-order valence-electron chi connectivity index (χ4n) is 3.18. The Morgan fingerprint density at radius 2 is 1.75 bits per heavy atom. The fourth-order valence-corrected chi connectivity index (χ4v) is 3.18. The maximum atomic E-state index is 12.7. The Balaban J connectivity index is 1.59. The van der Waals surface area contributed by atoms with E-state index >= 15 is 0 Å². The molecule has 4 rings (SSSR count). The Morgan fingerprint density at radius 3 is 2.39 bits per heavy atom. The van der Waals surface area contributed by atoms with Gasteiger partial charge in [-0.25, -0.2) is 0 Å². The summed E-state index contributed by atoms with van der Waals surface area (Å²) in [6.07, 6.45) is -4.39. The maximum Gasteiger partial charge on any atom is 0.416 e. The van der Waals surface area contributed by atoms with Crippen LogP contribution in [0.25, 0.3) is 10.8 Å². The molecular weight excluding hydrogens is 369 g/mol. The van der Waals surface area contributed by atoms with Crippen LogP contribution in [0.15, 0.2) is 60.7 Å². The number of carbonyl (C=O) groups excluding carboxylic acids is 1. The summed E-state index contributed by atoms with van der Waals surface area (Å²) in [6, 6.07) is 15.2. The number of rotatable bonds is 3. The molecule has 1 aliphatic heterocycles. The molecule has 0 spiro atoms. The van der Waals surface area contributed by atoms with E-state index in [1.54, 1.807) is 35.2 Å². The first-order valence-corrected chi connectivity index (χ1v) is 8.74. The minimum Gasteiger partial charge on any atom is -0.457 e. The molecule has 1 fully saturated rings. The number of ether oxygens (including phenoxy) is 1. The van der Waals surface area contributed by atoms with Crippen LogP contribution in [0.5, 0.6) is 11.5 Å². The van der Waals surface area contributed by atoms with Crippen molar-refractivity contribution in [3.05, 3.63) is 71.8 Å². The molecule has 2 N–H and O–H groups in total. The average Bonchev–Trinajstić information content (AvgIpc) is 2.64. The highest BCUT2D eigenvalue weighted by molar-refractivity contribution is 6.00. The topological polar surface area (TPSA) is 55.6 Å². The van der Waals surface area contributed by atoms with Crippen LogP contribution in [0.2, 0.25) is 0 Å². The largest absolute Gasteiger partial charge is 0.457 e. The molecular formula is C21H17F3N2O2. The molecule has 28 heavy (non-hydrogen) atoms. The first-order valence-electron chi connectivity index (χ1n) is 8.74.